The average molecular weight is 217 g/mol. The highest BCUT2D eigenvalue weighted by atomic mass is 32.2. The van der Waals surface area contributed by atoms with Crippen LogP contribution in [0.1, 0.15) is 25.7 Å². The highest BCUT2D eigenvalue weighted by molar-refractivity contribution is 7.87. The number of piperidine rings is 1. The Balaban J connectivity index is 1.86. The van der Waals surface area contributed by atoms with Crippen LogP contribution < -0.4 is 14.8 Å². The first-order chi connectivity index (χ1) is 6.57. The number of hydrogen-bond acceptors (Lipinski definition) is 3. The molecule has 3 aliphatic rings. The lowest BCUT2D eigenvalue weighted by molar-refractivity contribution is 0.247. The Labute approximate surface area is 83.8 Å². The summed E-state index contributed by atoms with van der Waals surface area (Å²) in [5.41, 5.74) is -0.198. The third kappa shape index (κ3) is 1.37. The van der Waals surface area contributed by atoms with E-state index in [0.717, 1.165) is 12.8 Å². The molecule has 5 nitrogen and oxygen atoms in total. The van der Waals surface area contributed by atoms with E-state index >= 15 is 0 Å². The van der Waals surface area contributed by atoms with Crippen molar-refractivity contribution in [2.24, 2.45) is 0 Å². The second-order valence-corrected chi connectivity index (χ2v) is 6.25. The molecule has 14 heavy (non-hydrogen) atoms. The highest BCUT2D eigenvalue weighted by Crippen LogP contribution is 2.35. The summed E-state index contributed by atoms with van der Waals surface area (Å²) in [7, 11) is -3.20. The fraction of sp³-hybridized carbons (Fsp3) is 1.00. The molecule has 2 atom stereocenters. The van der Waals surface area contributed by atoms with Gasteiger partial charge in [-0.15, -0.1) is 0 Å². The lowest BCUT2D eigenvalue weighted by Crippen LogP contribution is -2.55. The van der Waals surface area contributed by atoms with Gasteiger partial charge in [0.25, 0.3) is 10.2 Å². The van der Waals surface area contributed by atoms with E-state index in [1.165, 1.54) is 12.8 Å². The van der Waals surface area contributed by atoms with Crippen molar-refractivity contribution in [1.82, 2.24) is 14.8 Å². The summed E-state index contributed by atoms with van der Waals surface area (Å²) in [5, 5.41) is 3.51. The van der Waals surface area contributed by atoms with Gasteiger partial charge in [-0.05, 0) is 25.7 Å². The molecule has 0 aromatic heterocycles. The Morgan fingerprint density at radius 2 is 1.79 bits per heavy atom. The third-order valence-corrected chi connectivity index (χ3v) is 4.79. The van der Waals surface area contributed by atoms with Crippen LogP contribution in [0.3, 0.4) is 0 Å². The quantitative estimate of drug-likeness (QED) is 0.491. The van der Waals surface area contributed by atoms with E-state index in [1.807, 2.05) is 0 Å². The van der Waals surface area contributed by atoms with Gasteiger partial charge in [0.05, 0.1) is 5.54 Å². The van der Waals surface area contributed by atoms with Crippen molar-refractivity contribution in [3.8, 4) is 0 Å². The summed E-state index contributed by atoms with van der Waals surface area (Å²) < 4.78 is 27.9. The molecular formula is C8H15N3O2S. The molecular weight excluding hydrogens is 202 g/mol. The molecule has 0 aliphatic carbocycles. The summed E-state index contributed by atoms with van der Waals surface area (Å²) in [6.07, 6.45) is 4.23. The van der Waals surface area contributed by atoms with Gasteiger partial charge in [0.1, 0.15) is 0 Å². The van der Waals surface area contributed by atoms with Crippen molar-refractivity contribution in [2.45, 2.75) is 43.3 Å². The maximum atomic E-state index is 11.3. The minimum absolute atomic E-state index is 0.198. The van der Waals surface area contributed by atoms with Crippen LogP contribution in [-0.2, 0) is 10.2 Å². The molecule has 3 heterocycles. The summed E-state index contributed by atoms with van der Waals surface area (Å²) in [4.78, 5) is 0. The zero-order chi connectivity index (χ0) is 9.81. The van der Waals surface area contributed by atoms with Gasteiger partial charge >= 0.3 is 0 Å². The van der Waals surface area contributed by atoms with Crippen molar-refractivity contribution >= 4 is 10.2 Å². The molecule has 1 spiro atoms. The fourth-order valence-electron chi connectivity index (χ4n) is 3.07. The number of rotatable bonds is 0. The van der Waals surface area contributed by atoms with Gasteiger partial charge in [-0.25, -0.2) is 4.72 Å². The van der Waals surface area contributed by atoms with Crippen LogP contribution in [0.2, 0.25) is 0 Å². The second kappa shape index (κ2) is 2.69. The fourth-order valence-corrected chi connectivity index (χ4v) is 4.42. The molecule has 0 aromatic rings. The third-order valence-electron chi connectivity index (χ3n) is 3.56. The molecule has 3 rings (SSSR count). The zero-order valence-corrected chi connectivity index (χ0v) is 8.73. The van der Waals surface area contributed by atoms with Gasteiger partial charge < -0.3 is 5.32 Å². The molecule has 0 saturated carbocycles. The molecule has 3 saturated heterocycles. The van der Waals surface area contributed by atoms with E-state index in [0.29, 0.717) is 18.6 Å². The number of fused-ring (bicyclic) bond motifs is 2. The summed E-state index contributed by atoms with van der Waals surface area (Å²) in [6.45, 7) is 0.560. The predicted octanol–water partition coefficient (Wildman–Crippen LogP) is -0.923. The van der Waals surface area contributed by atoms with Crippen molar-refractivity contribution in [3.63, 3.8) is 0 Å². The summed E-state index contributed by atoms with van der Waals surface area (Å²) in [6, 6.07) is 1.02. The first kappa shape index (κ1) is 9.08. The molecule has 2 unspecified atom stereocenters. The van der Waals surface area contributed by atoms with Crippen molar-refractivity contribution in [3.05, 3.63) is 0 Å². The summed E-state index contributed by atoms with van der Waals surface area (Å²) in [5.74, 6) is 0. The molecule has 0 radical (unpaired) electrons. The van der Waals surface area contributed by atoms with Crippen LogP contribution in [0.4, 0.5) is 0 Å². The molecule has 3 fully saturated rings. The average Bonchev–Trinajstić information content (AvgIpc) is 2.55. The standard InChI is InChI=1S/C8H15N3O2S/c12-14(13)9-5-8(11-14)3-6-1-2-7(4-8)10-6/h6-7,9-11H,1-5H2. The van der Waals surface area contributed by atoms with Crippen molar-refractivity contribution < 1.29 is 8.42 Å². The Morgan fingerprint density at radius 3 is 2.29 bits per heavy atom. The van der Waals surface area contributed by atoms with Crippen molar-refractivity contribution in [2.75, 3.05) is 6.54 Å². The number of hydrogen-bond donors (Lipinski definition) is 3. The van der Waals surface area contributed by atoms with Crippen LogP contribution in [0, 0.1) is 0 Å². The SMILES string of the molecule is O=S1(=O)NCC2(CC3CCC(C2)N3)N1. The van der Waals surface area contributed by atoms with E-state index < -0.39 is 10.2 Å². The van der Waals surface area contributed by atoms with Crippen LogP contribution in [0.25, 0.3) is 0 Å². The molecule has 2 bridgehead atoms. The Kier molecular flexibility index (Phi) is 1.75. The molecule has 0 amide bonds. The maximum Gasteiger partial charge on any atom is 0.277 e. The summed E-state index contributed by atoms with van der Waals surface area (Å²) >= 11 is 0. The smallest absolute Gasteiger partial charge is 0.277 e. The molecule has 3 aliphatic heterocycles. The predicted molar refractivity (Wildman–Crippen MR) is 52.0 cm³/mol. The minimum Gasteiger partial charge on any atom is -0.311 e. The Morgan fingerprint density at radius 1 is 1.14 bits per heavy atom. The molecule has 6 heteroatoms. The lowest BCUT2D eigenvalue weighted by atomic mass is 9.85. The van der Waals surface area contributed by atoms with Crippen LogP contribution in [0.5, 0.6) is 0 Å². The first-order valence-corrected chi connectivity index (χ1v) is 6.60. The second-order valence-electron chi connectivity index (χ2n) is 4.75. The van der Waals surface area contributed by atoms with Crippen molar-refractivity contribution in [1.29, 1.82) is 0 Å². The normalized spacial score (nSPS) is 50.0. The molecule has 80 valence electrons. The lowest BCUT2D eigenvalue weighted by Gasteiger charge is -2.36. The topological polar surface area (TPSA) is 70.2 Å². The Bertz CT molecular complexity index is 342. The van der Waals surface area contributed by atoms with Crippen LogP contribution in [0.15, 0.2) is 0 Å². The van der Waals surface area contributed by atoms with E-state index in [-0.39, 0.29) is 5.54 Å². The van der Waals surface area contributed by atoms with E-state index in [1.54, 1.807) is 0 Å². The van der Waals surface area contributed by atoms with Crippen LogP contribution in [-0.4, -0.2) is 32.6 Å². The van der Waals surface area contributed by atoms with Gasteiger partial charge in [0, 0.05) is 18.6 Å². The number of nitrogens with one attached hydrogen (secondary N) is 3. The maximum absolute atomic E-state index is 11.3. The van der Waals surface area contributed by atoms with Crippen LogP contribution >= 0.6 is 0 Å². The van der Waals surface area contributed by atoms with E-state index in [9.17, 15) is 8.42 Å². The molecule has 3 N–H and O–H groups in total. The van der Waals surface area contributed by atoms with Gasteiger partial charge in [-0.3, -0.25) is 0 Å². The zero-order valence-electron chi connectivity index (χ0n) is 7.91. The highest BCUT2D eigenvalue weighted by Gasteiger charge is 2.49. The minimum atomic E-state index is -3.20. The van der Waals surface area contributed by atoms with Gasteiger partial charge in [0.15, 0.2) is 0 Å². The monoisotopic (exact) mass is 217 g/mol. The molecule has 0 aromatic carbocycles. The Hall–Kier alpha value is -0.170. The van der Waals surface area contributed by atoms with E-state index in [2.05, 4.69) is 14.8 Å². The van der Waals surface area contributed by atoms with Gasteiger partial charge in [-0.2, -0.15) is 13.1 Å². The van der Waals surface area contributed by atoms with E-state index in [4.69, 9.17) is 0 Å². The van der Waals surface area contributed by atoms with Gasteiger partial charge in [-0.1, -0.05) is 0 Å². The largest absolute Gasteiger partial charge is 0.311 e. The van der Waals surface area contributed by atoms with Gasteiger partial charge in [0.2, 0.25) is 0 Å². The first-order valence-electron chi connectivity index (χ1n) is 5.12.